The molecule has 1 heterocycles. The number of aliphatic carboxylic acids is 1. The summed E-state index contributed by atoms with van der Waals surface area (Å²) in [5.74, 6) is -0.747. The van der Waals surface area contributed by atoms with Gasteiger partial charge < -0.3 is 5.11 Å². The van der Waals surface area contributed by atoms with E-state index in [1.165, 1.54) is 5.56 Å². The second-order valence-electron chi connectivity index (χ2n) is 4.59. The third-order valence-electron chi connectivity index (χ3n) is 2.91. The molecule has 2 rings (SSSR count). The number of carboxylic acid groups (broad SMARTS) is 1. The first-order valence-electron chi connectivity index (χ1n) is 6.35. The van der Waals surface area contributed by atoms with Crippen molar-refractivity contribution in [2.24, 2.45) is 0 Å². The van der Waals surface area contributed by atoms with E-state index < -0.39 is 5.97 Å². The molecule has 0 atom stereocenters. The third-order valence-corrected chi connectivity index (χ3v) is 2.91. The molecule has 0 spiro atoms. The average molecular weight is 259 g/mol. The highest BCUT2D eigenvalue weighted by molar-refractivity contribution is 5.66. The summed E-state index contributed by atoms with van der Waals surface area (Å²) in [7, 11) is 0. The molecule has 0 unspecified atom stereocenters. The van der Waals surface area contributed by atoms with Crippen LogP contribution >= 0.6 is 0 Å². The molecule has 0 bridgehead atoms. The Bertz CT molecular complexity index is 546. The van der Waals surface area contributed by atoms with E-state index in [-0.39, 0.29) is 6.42 Å². The quantitative estimate of drug-likeness (QED) is 0.809. The molecule has 0 aliphatic heterocycles. The summed E-state index contributed by atoms with van der Waals surface area (Å²) >= 11 is 0. The number of rotatable bonds is 6. The first kappa shape index (κ1) is 13.3. The van der Waals surface area contributed by atoms with Crippen molar-refractivity contribution in [3.63, 3.8) is 0 Å². The van der Waals surface area contributed by atoms with Crippen molar-refractivity contribution in [1.29, 1.82) is 0 Å². The summed E-state index contributed by atoms with van der Waals surface area (Å²) in [4.78, 5) is 10.4. The monoisotopic (exact) mass is 259 g/mol. The van der Waals surface area contributed by atoms with Gasteiger partial charge in [-0.1, -0.05) is 22.9 Å². The fourth-order valence-electron chi connectivity index (χ4n) is 1.82. The Morgan fingerprint density at radius 3 is 2.68 bits per heavy atom. The number of benzene rings is 1. The van der Waals surface area contributed by atoms with Gasteiger partial charge in [0.1, 0.15) is 0 Å². The molecule has 0 radical (unpaired) electrons. The van der Waals surface area contributed by atoms with E-state index in [0.29, 0.717) is 6.42 Å². The van der Waals surface area contributed by atoms with E-state index in [0.717, 1.165) is 24.2 Å². The van der Waals surface area contributed by atoms with Gasteiger partial charge >= 0.3 is 5.97 Å². The molecule has 1 aromatic carbocycles. The smallest absolute Gasteiger partial charge is 0.303 e. The minimum absolute atomic E-state index is 0.214. The second kappa shape index (κ2) is 6.13. The van der Waals surface area contributed by atoms with Gasteiger partial charge in [-0.2, -0.15) is 0 Å². The van der Waals surface area contributed by atoms with Crippen LogP contribution in [0.5, 0.6) is 0 Å². The van der Waals surface area contributed by atoms with Crippen LogP contribution in [0.1, 0.15) is 30.5 Å². The highest BCUT2D eigenvalue weighted by Crippen LogP contribution is 2.10. The van der Waals surface area contributed by atoms with Gasteiger partial charge in [0.2, 0.25) is 0 Å². The molecule has 1 aromatic heterocycles. The molecular formula is C14H17N3O2. The van der Waals surface area contributed by atoms with E-state index in [4.69, 9.17) is 5.11 Å². The Labute approximate surface area is 111 Å². The first-order chi connectivity index (χ1) is 9.15. The largest absolute Gasteiger partial charge is 0.481 e. The highest BCUT2D eigenvalue weighted by Gasteiger charge is 2.03. The minimum Gasteiger partial charge on any atom is -0.481 e. The summed E-state index contributed by atoms with van der Waals surface area (Å²) < 4.78 is 1.74. The Balaban J connectivity index is 1.91. The van der Waals surface area contributed by atoms with Gasteiger partial charge in [-0.05, 0) is 38.3 Å². The molecule has 0 saturated carbocycles. The van der Waals surface area contributed by atoms with Crippen LogP contribution in [0.3, 0.4) is 0 Å². The Kier molecular flexibility index (Phi) is 4.28. The lowest BCUT2D eigenvalue weighted by Gasteiger charge is -1.99. The van der Waals surface area contributed by atoms with Crippen molar-refractivity contribution in [3.05, 3.63) is 41.7 Å². The SMILES string of the molecule is Cc1ccc(-n2cc(CCCCC(=O)O)nn2)cc1. The maximum Gasteiger partial charge on any atom is 0.303 e. The summed E-state index contributed by atoms with van der Waals surface area (Å²) in [6.07, 6.45) is 4.36. The lowest BCUT2D eigenvalue weighted by Crippen LogP contribution is -1.95. The topological polar surface area (TPSA) is 68.0 Å². The van der Waals surface area contributed by atoms with Gasteiger partial charge in [-0.15, -0.1) is 5.10 Å². The fourth-order valence-corrected chi connectivity index (χ4v) is 1.82. The third kappa shape index (κ3) is 3.91. The lowest BCUT2D eigenvalue weighted by molar-refractivity contribution is -0.137. The molecule has 1 N–H and O–H groups in total. The first-order valence-corrected chi connectivity index (χ1v) is 6.35. The minimum atomic E-state index is -0.747. The van der Waals surface area contributed by atoms with Gasteiger partial charge in [-0.25, -0.2) is 4.68 Å². The van der Waals surface area contributed by atoms with E-state index in [1.807, 2.05) is 37.4 Å². The molecule has 5 nitrogen and oxygen atoms in total. The van der Waals surface area contributed by atoms with Crippen LogP contribution in [-0.4, -0.2) is 26.1 Å². The predicted molar refractivity (Wildman–Crippen MR) is 71.3 cm³/mol. The Hall–Kier alpha value is -2.17. The number of aromatic nitrogens is 3. The molecule has 0 fully saturated rings. The molecular weight excluding hydrogens is 242 g/mol. The Morgan fingerprint density at radius 2 is 2.00 bits per heavy atom. The van der Waals surface area contributed by atoms with Gasteiger partial charge in [0, 0.05) is 6.42 Å². The fraction of sp³-hybridized carbons (Fsp3) is 0.357. The second-order valence-corrected chi connectivity index (χ2v) is 4.59. The van der Waals surface area contributed by atoms with Gasteiger partial charge in [0.25, 0.3) is 0 Å². The van der Waals surface area contributed by atoms with Gasteiger partial charge in [0.05, 0.1) is 17.6 Å². The van der Waals surface area contributed by atoms with Crippen LogP contribution in [0.15, 0.2) is 30.5 Å². The van der Waals surface area contributed by atoms with E-state index in [9.17, 15) is 4.79 Å². The number of carbonyl (C=O) groups is 1. The molecule has 100 valence electrons. The van der Waals surface area contributed by atoms with Crippen molar-refractivity contribution >= 4 is 5.97 Å². The molecule has 0 amide bonds. The van der Waals surface area contributed by atoms with Crippen LogP contribution in [0, 0.1) is 6.92 Å². The predicted octanol–water partition coefficient (Wildman–Crippen LogP) is 2.37. The van der Waals surface area contributed by atoms with Crippen molar-refractivity contribution in [2.45, 2.75) is 32.6 Å². The Morgan fingerprint density at radius 1 is 1.26 bits per heavy atom. The van der Waals surface area contributed by atoms with Crippen molar-refractivity contribution in [1.82, 2.24) is 15.0 Å². The van der Waals surface area contributed by atoms with Crippen molar-refractivity contribution in [2.75, 3.05) is 0 Å². The summed E-state index contributed by atoms with van der Waals surface area (Å²) in [5, 5.41) is 16.7. The molecule has 19 heavy (non-hydrogen) atoms. The maximum absolute atomic E-state index is 10.4. The van der Waals surface area contributed by atoms with E-state index in [2.05, 4.69) is 10.3 Å². The van der Waals surface area contributed by atoms with E-state index >= 15 is 0 Å². The number of nitrogens with zero attached hydrogens (tertiary/aromatic N) is 3. The number of hydrogen-bond acceptors (Lipinski definition) is 3. The molecule has 0 saturated heterocycles. The summed E-state index contributed by atoms with van der Waals surface area (Å²) in [6.45, 7) is 2.04. The normalized spacial score (nSPS) is 10.6. The molecule has 5 heteroatoms. The number of aryl methyl sites for hydroxylation is 2. The highest BCUT2D eigenvalue weighted by atomic mass is 16.4. The van der Waals surface area contributed by atoms with Crippen molar-refractivity contribution < 1.29 is 9.90 Å². The van der Waals surface area contributed by atoms with Crippen LogP contribution in [0.2, 0.25) is 0 Å². The lowest BCUT2D eigenvalue weighted by atomic mass is 10.1. The molecule has 0 aliphatic rings. The average Bonchev–Trinajstić information content (AvgIpc) is 2.84. The zero-order valence-electron chi connectivity index (χ0n) is 10.9. The maximum atomic E-state index is 10.4. The summed E-state index contributed by atoms with van der Waals surface area (Å²) in [6, 6.07) is 8.06. The standard InChI is InChI=1S/C14H17N3O2/c1-11-6-8-13(9-7-11)17-10-12(15-16-17)4-2-3-5-14(18)19/h6-10H,2-5H2,1H3,(H,18,19). The van der Waals surface area contributed by atoms with Gasteiger partial charge in [-0.3, -0.25) is 4.79 Å². The molecule has 0 aliphatic carbocycles. The number of hydrogen-bond donors (Lipinski definition) is 1. The van der Waals surface area contributed by atoms with E-state index in [1.54, 1.807) is 4.68 Å². The van der Waals surface area contributed by atoms with Crippen LogP contribution < -0.4 is 0 Å². The zero-order chi connectivity index (χ0) is 13.7. The summed E-state index contributed by atoms with van der Waals surface area (Å²) in [5.41, 5.74) is 3.08. The van der Waals surface area contributed by atoms with Crippen molar-refractivity contribution in [3.8, 4) is 5.69 Å². The van der Waals surface area contributed by atoms with Gasteiger partial charge in [0.15, 0.2) is 0 Å². The van der Waals surface area contributed by atoms with Crippen LogP contribution in [0.4, 0.5) is 0 Å². The number of unbranched alkanes of at least 4 members (excludes halogenated alkanes) is 1. The zero-order valence-corrected chi connectivity index (χ0v) is 10.9. The van der Waals surface area contributed by atoms with Crippen LogP contribution in [0.25, 0.3) is 5.69 Å². The van der Waals surface area contributed by atoms with Crippen LogP contribution in [-0.2, 0) is 11.2 Å². The number of carboxylic acids is 1. The molecule has 2 aromatic rings.